The lowest BCUT2D eigenvalue weighted by Crippen LogP contribution is -2.53. The maximum Gasteiger partial charge on any atom is 0.317 e. The fraction of sp³-hybridized carbons (Fsp3) is 0.364. The summed E-state index contributed by atoms with van der Waals surface area (Å²) in [5.41, 5.74) is 2.81. The quantitative estimate of drug-likeness (QED) is 0.846. The van der Waals surface area contributed by atoms with E-state index in [2.05, 4.69) is 10.2 Å². The number of amides is 2. The van der Waals surface area contributed by atoms with Crippen LogP contribution in [0.3, 0.4) is 0 Å². The predicted octanol–water partition coefficient (Wildman–Crippen LogP) is 3.53. The highest BCUT2D eigenvalue weighted by atomic mass is 16.5. The zero-order valence-corrected chi connectivity index (χ0v) is 17.1. The van der Waals surface area contributed by atoms with E-state index in [0.717, 1.165) is 39.9 Å². The summed E-state index contributed by atoms with van der Waals surface area (Å²) in [6, 6.07) is 11.8. The van der Waals surface area contributed by atoms with Gasteiger partial charge in [-0.2, -0.15) is 0 Å². The molecule has 1 fully saturated rings. The minimum Gasteiger partial charge on any atom is -0.497 e. The first-order valence-electron chi connectivity index (χ1n) is 9.92. The summed E-state index contributed by atoms with van der Waals surface area (Å²) in [6.45, 7) is 7.29. The van der Waals surface area contributed by atoms with Crippen LogP contribution in [0.5, 0.6) is 17.2 Å². The Morgan fingerprint density at radius 1 is 1.14 bits per heavy atom. The fourth-order valence-electron chi connectivity index (χ4n) is 3.61. The van der Waals surface area contributed by atoms with Crippen molar-refractivity contribution >= 4 is 17.6 Å². The molecule has 2 heterocycles. The summed E-state index contributed by atoms with van der Waals surface area (Å²) in [4.78, 5) is 21.2. The Morgan fingerprint density at radius 3 is 2.66 bits per heavy atom. The van der Waals surface area contributed by atoms with Crippen molar-refractivity contribution in [3.63, 3.8) is 0 Å². The second-order valence-corrected chi connectivity index (χ2v) is 7.18. The van der Waals surface area contributed by atoms with Gasteiger partial charge < -0.3 is 24.6 Å². The molecule has 29 heavy (non-hydrogen) atoms. The molecule has 1 saturated heterocycles. The van der Waals surface area contributed by atoms with Crippen LogP contribution in [0.15, 0.2) is 41.4 Å². The van der Waals surface area contributed by atoms with Gasteiger partial charge >= 0.3 is 6.03 Å². The minimum atomic E-state index is -0.0128. The number of carbonyl (C=O) groups is 1. The predicted molar refractivity (Wildman–Crippen MR) is 113 cm³/mol. The van der Waals surface area contributed by atoms with Gasteiger partial charge in [0.25, 0.3) is 0 Å². The van der Waals surface area contributed by atoms with Crippen LogP contribution in [0.4, 0.5) is 10.5 Å². The molecule has 2 aliphatic rings. The number of hydrogen-bond acceptors (Lipinski definition) is 5. The summed E-state index contributed by atoms with van der Waals surface area (Å²) in [5.74, 6) is 3.09. The van der Waals surface area contributed by atoms with Gasteiger partial charge in [0.2, 0.25) is 0 Å². The second kappa shape index (κ2) is 8.03. The van der Waals surface area contributed by atoms with E-state index >= 15 is 0 Å². The van der Waals surface area contributed by atoms with E-state index in [9.17, 15) is 4.79 Å². The Hall–Kier alpha value is -3.22. The lowest BCUT2D eigenvalue weighted by Gasteiger charge is -2.36. The molecule has 152 valence electrons. The Morgan fingerprint density at radius 2 is 1.93 bits per heavy atom. The standard InChI is InChI=1S/C22H26N4O3/c1-4-23-22(27)26-11-9-25(10-12-26)21-17-14-16(28-3)6-8-19(17)29-20-13-15(2)5-7-18(20)24-21/h5-8,13-14H,4,9-12H2,1-3H3,(H,23,27). The largest absolute Gasteiger partial charge is 0.497 e. The number of aryl methyl sites for hydroxylation is 1. The highest BCUT2D eigenvalue weighted by Gasteiger charge is 2.27. The number of nitrogens with one attached hydrogen (secondary N) is 1. The number of hydrogen-bond donors (Lipinski definition) is 1. The number of amidine groups is 1. The first kappa shape index (κ1) is 19.1. The molecule has 0 atom stereocenters. The molecule has 1 N–H and O–H groups in total. The van der Waals surface area contributed by atoms with Crippen molar-refractivity contribution in [1.29, 1.82) is 0 Å². The maximum absolute atomic E-state index is 12.1. The van der Waals surface area contributed by atoms with Crippen LogP contribution in [0.2, 0.25) is 0 Å². The monoisotopic (exact) mass is 394 g/mol. The summed E-state index contributed by atoms with van der Waals surface area (Å²) in [5, 5.41) is 2.87. The fourth-order valence-corrected chi connectivity index (χ4v) is 3.61. The van der Waals surface area contributed by atoms with Crippen LogP contribution in [-0.4, -0.2) is 61.5 Å². The van der Waals surface area contributed by atoms with E-state index in [1.165, 1.54) is 0 Å². The van der Waals surface area contributed by atoms with Gasteiger partial charge in [0.1, 0.15) is 23.0 Å². The topological polar surface area (TPSA) is 66.4 Å². The Balaban J connectivity index is 1.69. The zero-order valence-electron chi connectivity index (χ0n) is 17.1. The molecule has 2 amide bonds. The number of piperazine rings is 1. The van der Waals surface area contributed by atoms with Crippen LogP contribution in [0.1, 0.15) is 18.1 Å². The van der Waals surface area contributed by atoms with Crippen molar-refractivity contribution in [2.45, 2.75) is 13.8 Å². The molecule has 7 nitrogen and oxygen atoms in total. The molecule has 0 bridgehead atoms. The number of fused-ring (bicyclic) bond motifs is 2. The smallest absolute Gasteiger partial charge is 0.317 e. The number of rotatable bonds is 2. The molecule has 0 radical (unpaired) electrons. The summed E-state index contributed by atoms with van der Waals surface area (Å²) < 4.78 is 11.7. The number of carbonyl (C=O) groups excluding carboxylic acids is 1. The van der Waals surface area contributed by atoms with Crippen LogP contribution < -0.4 is 14.8 Å². The molecule has 2 aromatic rings. The Bertz CT molecular complexity index is 949. The van der Waals surface area contributed by atoms with Crippen LogP contribution in [-0.2, 0) is 0 Å². The van der Waals surface area contributed by atoms with Gasteiger partial charge in [-0.15, -0.1) is 0 Å². The first-order chi connectivity index (χ1) is 14.1. The van der Waals surface area contributed by atoms with Gasteiger partial charge in [0.05, 0.1) is 12.7 Å². The van der Waals surface area contributed by atoms with Crippen LogP contribution >= 0.6 is 0 Å². The van der Waals surface area contributed by atoms with E-state index in [1.54, 1.807) is 7.11 Å². The summed E-state index contributed by atoms with van der Waals surface area (Å²) in [7, 11) is 1.65. The van der Waals surface area contributed by atoms with Gasteiger partial charge in [0.15, 0.2) is 5.75 Å². The molecule has 2 aliphatic heterocycles. The molecule has 0 saturated carbocycles. The van der Waals surface area contributed by atoms with Crippen molar-refractivity contribution < 1.29 is 14.3 Å². The maximum atomic E-state index is 12.1. The lowest BCUT2D eigenvalue weighted by molar-refractivity contribution is 0.170. The number of nitrogens with zero attached hydrogens (tertiary/aromatic N) is 3. The molecule has 0 unspecified atom stereocenters. The third-order valence-corrected chi connectivity index (χ3v) is 5.18. The SMILES string of the molecule is CCNC(=O)N1CCN(C2=Nc3ccc(C)cc3Oc3ccc(OC)cc32)CC1. The third-order valence-electron chi connectivity index (χ3n) is 5.18. The van der Waals surface area contributed by atoms with Crippen LogP contribution in [0.25, 0.3) is 0 Å². The minimum absolute atomic E-state index is 0.0128. The number of methoxy groups -OCH3 is 1. The molecular formula is C22H26N4O3. The van der Waals surface area contributed by atoms with Gasteiger partial charge in [-0.25, -0.2) is 9.79 Å². The van der Waals surface area contributed by atoms with E-state index in [0.29, 0.717) is 32.7 Å². The van der Waals surface area contributed by atoms with Crippen LogP contribution in [0, 0.1) is 6.92 Å². The summed E-state index contributed by atoms with van der Waals surface area (Å²) in [6.07, 6.45) is 0. The molecule has 4 rings (SSSR count). The van der Waals surface area contributed by atoms with Crippen molar-refractivity contribution in [3.8, 4) is 17.2 Å². The highest BCUT2D eigenvalue weighted by Crippen LogP contribution is 2.40. The molecular weight excluding hydrogens is 368 g/mol. The molecule has 7 heteroatoms. The van der Waals surface area contributed by atoms with Gasteiger partial charge in [0, 0.05) is 32.7 Å². The van der Waals surface area contributed by atoms with E-state index in [-0.39, 0.29) is 6.03 Å². The van der Waals surface area contributed by atoms with Gasteiger partial charge in [-0.3, -0.25) is 0 Å². The number of benzene rings is 2. The molecule has 0 aliphatic carbocycles. The molecule has 0 aromatic heterocycles. The van der Waals surface area contributed by atoms with Crippen molar-refractivity contribution in [2.75, 3.05) is 39.8 Å². The van der Waals surface area contributed by atoms with Gasteiger partial charge in [-0.05, 0) is 49.7 Å². The lowest BCUT2D eigenvalue weighted by atomic mass is 10.1. The average molecular weight is 394 g/mol. The average Bonchev–Trinajstić information content (AvgIpc) is 2.89. The second-order valence-electron chi connectivity index (χ2n) is 7.18. The molecule has 2 aromatic carbocycles. The Kier molecular flexibility index (Phi) is 5.29. The number of aliphatic imine (C=N–C) groups is 1. The van der Waals surface area contributed by atoms with Crippen molar-refractivity contribution in [1.82, 2.24) is 15.1 Å². The first-order valence-corrected chi connectivity index (χ1v) is 9.92. The Labute approximate surface area is 170 Å². The normalized spacial score (nSPS) is 15.5. The van der Waals surface area contributed by atoms with Gasteiger partial charge in [-0.1, -0.05) is 6.07 Å². The highest BCUT2D eigenvalue weighted by molar-refractivity contribution is 6.04. The van der Waals surface area contributed by atoms with E-state index in [4.69, 9.17) is 14.5 Å². The van der Waals surface area contributed by atoms with E-state index < -0.39 is 0 Å². The number of urea groups is 1. The number of ether oxygens (including phenoxy) is 2. The van der Waals surface area contributed by atoms with Crippen molar-refractivity contribution in [3.05, 3.63) is 47.5 Å². The molecule has 0 spiro atoms. The zero-order chi connectivity index (χ0) is 20.4. The van der Waals surface area contributed by atoms with Crippen molar-refractivity contribution in [2.24, 2.45) is 4.99 Å². The third kappa shape index (κ3) is 3.85. The summed E-state index contributed by atoms with van der Waals surface area (Å²) >= 11 is 0. The van der Waals surface area contributed by atoms with E-state index in [1.807, 2.05) is 55.1 Å².